The monoisotopic (exact) mass is 346 g/mol. The van der Waals surface area contributed by atoms with Gasteiger partial charge in [0, 0.05) is 12.6 Å². The van der Waals surface area contributed by atoms with Crippen LogP contribution in [-0.2, 0) is 9.59 Å². The van der Waals surface area contributed by atoms with Crippen molar-refractivity contribution in [2.45, 2.75) is 32.7 Å². The second kappa shape index (κ2) is 8.55. The molecule has 0 aromatic heterocycles. The Bertz CT molecular complexity index is 657. The number of nitrogens with zero attached hydrogens (tertiary/aromatic N) is 1. The van der Waals surface area contributed by atoms with Crippen LogP contribution in [0.2, 0.25) is 0 Å². The summed E-state index contributed by atoms with van der Waals surface area (Å²) in [5.74, 6) is 0.296. The molecule has 2 amide bonds. The van der Waals surface area contributed by atoms with E-state index in [2.05, 4.69) is 0 Å². The summed E-state index contributed by atoms with van der Waals surface area (Å²) in [4.78, 5) is 25.6. The van der Waals surface area contributed by atoms with E-state index < -0.39 is 0 Å². The average Bonchev–Trinajstić information content (AvgIpc) is 2.60. The molecular formula is C19H26N2O4. The number of benzene rings is 1. The summed E-state index contributed by atoms with van der Waals surface area (Å²) >= 11 is 0. The Hall–Kier alpha value is -2.50. The number of rotatable bonds is 6. The molecule has 2 rings (SSSR count). The molecule has 0 radical (unpaired) electrons. The fourth-order valence-electron chi connectivity index (χ4n) is 3.01. The van der Waals surface area contributed by atoms with Crippen LogP contribution in [0, 0.1) is 5.92 Å². The van der Waals surface area contributed by atoms with Crippen molar-refractivity contribution in [3.8, 4) is 11.5 Å². The van der Waals surface area contributed by atoms with Crippen LogP contribution in [0.3, 0.4) is 0 Å². The molecule has 0 bridgehead atoms. The summed E-state index contributed by atoms with van der Waals surface area (Å²) in [6.07, 6.45) is 5.38. The normalized spacial score (nSPS) is 20.5. The highest BCUT2D eigenvalue weighted by atomic mass is 16.5. The topological polar surface area (TPSA) is 81.9 Å². The Morgan fingerprint density at radius 1 is 1.32 bits per heavy atom. The summed E-state index contributed by atoms with van der Waals surface area (Å²) in [5, 5.41) is 0. The quantitative estimate of drug-likeness (QED) is 0.856. The Balaban J connectivity index is 2.02. The lowest BCUT2D eigenvalue weighted by atomic mass is 9.93. The Morgan fingerprint density at radius 2 is 2.08 bits per heavy atom. The van der Waals surface area contributed by atoms with Crippen molar-refractivity contribution in [3.63, 3.8) is 0 Å². The molecule has 1 aromatic rings. The van der Waals surface area contributed by atoms with Crippen molar-refractivity contribution in [2.75, 3.05) is 20.3 Å². The van der Waals surface area contributed by atoms with Crippen LogP contribution in [0.5, 0.6) is 11.5 Å². The molecule has 1 aliphatic heterocycles. The maximum atomic E-state index is 12.5. The fourth-order valence-corrected chi connectivity index (χ4v) is 3.01. The van der Waals surface area contributed by atoms with Crippen LogP contribution in [0.4, 0.5) is 0 Å². The van der Waals surface area contributed by atoms with Gasteiger partial charge in [-0.15, -0.1) is 0 Å². The van der Waals surface area contributed by atoms with E-state index in [0.717, 1.165) is 18.4 Å². The fraction of sp³-hybridized carbons (Fsp3) is 0.474. The summed E-state index contributed by atoms with van der Waals surface area (Å²) < 4.78 is 11.0. The van der Waals surface area contributed by atoms with Gasteiger partial charge in [0.1, 0.15) is 0 Å². The molecule has 1 saturated heterocycles. The van der Waals surface area contributed by atoms with Gasteiger partial charge in [-0.3, -0.25) is 9.59 Å². The molecule has 6 nitrogen and oxygen atoms in total. The van der Waals surface area contributed by atoms with E-state index in [1.807, 2.05) is 38.1 Å². The molecule has 1 aromatic carbocycles. The van der Waals surface area contributed by atoms with E-state index in [4.69, 9.17) is 15.2 Å². The molecule has 1 aliphatic rings. The Morgan fingerprint density at radius 3 is 2.72 bits per heavy atom. The number of methoxy groups -OCH3 is 1. The number of carbonyl (C=O) groups excluding carboxylic acids is 2. The molecule has 0 saturated carbocycles. The first-order chi connectivity index (χ1) is 12.0. The number of ether oxygens (including phenoxy) is 2. The van der Waals surface area contributed by atoms with Crippen molar-refractivity contribution in [3.05, 3.63) is 29.8 Å². The molecule has 1 fully saturated rings. The van der Waals surface area contributed by atoms with Gasteiger partial charge in [-0.2, -0.15) is 0 Å². The van der Waals surface area contributed by atoms with Crippen molar-refractivity contribution in [1.29, 1.82) is 0 Å². The number of amides is 2. The van der Waals surface area contributed by atoms with Gasteiger partial charge in [0.25, 0.3) is 5.91 Å². The molecule has 0 spiro atoms. The number of hydrogen-bond donors (Lipinski definition) is 1. The predicted molar refractivity (Wildman–Crippen MR) is 96.3 cm³/mol. The zero-order valence-corrected chi connectivity index (χ0v) is 15.0. The van der Waals surface area contributed by atoms with Gasteiger partial charge in [0.15, 0.2) is 18.1 Å². The molecule has 0 aliphatic carbocycles. The number of nitrogens with two attached hydrogens (primary N) is 1. The summed E-state index contributed by atoms with van der Waals surface area (Å²) in [6.45, 7) is 4.17. The van der Waals surface area contributed by atoms with Gasteiger partial charge in [0.2, 0.25) is 5.91 Å². The van der Waals surface area contributed by atoms with Gasteiger partial charge in [0.05, 0.1) is 13.0 Å². The number of primary amides is 1. The number of allylic oxidation sites excluding steroid dienone is 1. The molecule has 25 heavy (non-hydrogen) atoms. The van der Waals surface area contributed by atoms with E-state index in [9.17, 15) is 9.59 Å². The summed E-state index contributed by atoms with van der Waals surface area (Å²) in [7, 11) is 1.56. The zero-order valence-electron chi connectivity index (χ0n) is 15.0. The highest BCUT2D eigenvalue weighted by Gasteiger charge is 2.31. The van der Waals surface area contributed by atoms with Gasteiger partial charge < -0.3 is 20.1 Å². The second-order valence-corrected chi connectivity index (χ2v) is 6.27. The third-order valence-corrected chi connectivity index (χ3v) is 4.50. The first kappa shape index (κ1) is 18.8. The summed E-state index contributed by atoms with van der Waals surface area (Å²) in [6, 6.07) is 5.61. The van der Waals surface area contributed by atoms with Crippen molar-refractivity contribution in [1.82, 2.24) is 4.90 Å². The number of likely N-dealkylation sites (tertiary alicyclic amines) is 1. The number of carbonyl (C=O) groups is 2. The molecule has 2 N–H and O–H groups in total. The van der Waals surface area contributed by atoms with Crippen molar-refractivity contribution >= 4 is 17.9 Å². The lowest BCUT2D eigenvalue weighted by Crippen LogP contribution is -2.50. The van der Waals surface area contributed by atoms with Crippen LogP contribution in [0.1, 0.15) is 32.3 Å². The summed E-state index contributed by atoms with van der Waals surface area (Å²) in [5.41, 5.74) is 6.38. The molecule has 2 atom stereocenters. The standard InChI is InChI=1S/C19H26N2O4/c1-4-5-14-7-9-16(17(10-14)24-3)25-12-18(22)21-11-15(19(20)23)8-6-13(21)2/h4-5,7,9-10,13,15H,6,8,11-12H2,1-3H3,(H2,20,23)/b5-4+/t13-,15+/m0/s1. The second-order valence-electron chi connectivity index (χ2n) is 6.27. The third-order valence-electron chi connectivity index (χ3n) is 4.50. The maximum absolute atomic E-state index is 12.5. The maximum Gasteiger partial charge on any atom is 0.260 e. The highest BCUT2D eigenvalue weighted by Crippen LogP contribution is 2.29. The Labute approximate surface area is 148 Å². The minimum atomic E-state index is -0.355. The zero-order chi connectivity index (χ0) is 18.4. The highest BCUT2D eigenvalue weighted by molar-refractivity contribution is 5.81. The number of hydrogen-bond acceptors (Lipinski definition) is 4. The van der Waals surface area contributed by atoms with E-state index in [-0.39, 0.29) is 30.4 Å². The van der Waals surface area contributed by atoms with Crippen molar-refractivity contribution in [2.24, 2.45) is 11.7 Å². The van der Waals surface area contributed by atoms with Crippen LogP contribution in [0.15, 0.2) is 24.3 Å². The predicted octanol–water partition coefficient (Wildman–Crippen LogP) is 2.22. The van der Waals surface area contributed by atoms with E-state index in [0.29, 0.717) is 18.0 Å². The van der Waals surface area contributed by atoms with Gasteiger partial charge in [-0.25, -0.2) is 0 Å². The first-order valence-electron chi connectivity index (χ1n) is 8.48. The van der Waals surface area contributed by atoms with Gasteiger partial charge >= 0.3 is 0 Å². The molecular weight excluding hydrogens is 320 g/mol. The average molecular weight is 346 g/mol. The molecule has 136 valence electrons. The Kier molecular flexibility index (Phi) is 6.44. The largest absolute Gasteiger partial charge is 0.493 e. The lowest BCUT2D eigenvalue weighted by Gasteiger charge is -2.36. The first-order valence-corrected chi connectivity index (χ1v) is 8.48. The van der Waals surface area contributed by atoms with Gasteiger partial charge in [-0.05, 0) is 44.4 Å². The van der Waals surface area contributed by atoms with Crippen LogP contribution >= 0.6 is 0 Å². The van der Waals surface area contributed by atoms with E-state index in [1.54, 1.807) is 18.1 Å². The number of piperidine rings is 1. The van der Waals surface area contributed by atoms with Crippen LogP contribution < -0.4 is 15.2 Å². The molecule has 1 heterocycles. The third kappa shape index (κ3) is 4.75. The van der Waals surface area contributed by atoms with Crippen molar-refractivity contribution < 1.29 is 19.1 Å². The minimum absolute atomic E-state index is 0.0747. The smallest absolute Gasteiger partial charge is 0.260 e. The van der Waals surface area contributed by atoms with Crippen LogP contribution in [0.25, 0.3) is 6.08 Å². The van der Waals surface area contributed by atoms with Crippen LogP contribution in [-0.4, -0.2) is 43.0 Å². The van der Waals surface area contributed by atoms with E-state index in [1.165, 1.54) is 0 Å². The molecule has 6 heteroatoms. The van der Waals surface area contributed by atoms with E-state index >= 15 is 0 Å². The minimum Gasteiger partial charge on any atom is -0.493 e. The van der Waals surface area contributed by atoms with Gasteiger partial charge in [-0.1, -0.05) is 18.2 Å². The lowest BCUT2D eigenvalue weighted by molar-refractivity contribution is -0.139. The molecule has 0 unspecified atom stereocenters. The SMILES string of the molecule is C/C=C/c1ccc(OCC(=O)N2C[C@H](C(N)=O)CC[C@@H]2C)c(OC)c1.